The molecule has 0 aliphatic rings. The number of hydrogen-bond donors (Lipinski definition) is 1. The summed E-state index contributed by atoms with van der Waals surface area (Å²) in [6, 6.07) is 14.4. The van der Waals surface area contributed by atoms with Crippen molar-refractivity contribution in [3.63, 3.8) is 0 Å². The van der Waals surface area contributed by atoms with Crippen LogP contribution in [0.4, 0.5) is 5.82 Å². The van der Waals surface area contributed by atoms with Gasteiger partial charge in [-0.1, -0.05) is 29.8 Å². The van der Waals surface area contributed by atoms with E-state index in [1.54, 1.807) is 42.5 Å². The molecule has 3 rings (SSSR count). The highest BCUT2D eigenvalue weighted by Gasteiger charge is 2.29. The number of carbonyl (C=O) groups excluding carboxylic acids is 1. The lowest BCUT2D eigenvalue weighted by molar-refractivity contribution is -0.620. The topological polar surface area (TPSA) is 107 Å². The fourth-order valence-corrected chi connectivity index (χ4v) is 2.33. The lowest BCUT2D eigenvalue weighted by atomic mass is 10.1. The van der Waals surface area contributed by atoms with Crippen LogP contribution in [0.15, 0.2) is 48.5 Å². The van der Waals surface area contributed by atoms with E-state index in [9.17, 15) is 20.5 Å². The molecule has 0 radical (unpaired) electrons. The molecule has 0 atom stereocenters. The van der Waals surface area contributed by atoms with Crippen molar-refractivity contribution in [2.45, 2.75) is 6.92 Å². The zero-order valence-electron chi connectivity index (χ0n) is 12.7. The largest absolute Gasteiger partial charge is 0.710 e. The maximum absolute atomic E-state index is 12.5. The highest BCUT2D eigenvalue weighted by Crippen LogP contribution is 2.14. The van der Waals surface area contributed by atoms with Gasteiger partial charge in [-0.15, -0.1) is 4.73 Å². The average molecular weight is 320 g/mol. The van der Waals surface area contributed by atoms with Gasteiger partial charge in [-0.05, 0) is 25.1 Å². The number of benzene rings is 2. The Morgan fingerprint density at radius 2 is 1.62 bits per heavy atom. The predicted molar refractivity (Wildman–Crippen MR) is 85.7 cm³/mol. The molecule has 0 bridgehead atoms. The molecular weight excluding hydrogens is 308 g/mol. The maximum Gasteiger partial charge on any atom is 0.386 e. The molecule has 0 fully saturated rings. The minimum absolute atomic E-state index is 0.0531. The normalized spacial score (nSPS) is 10.3. The van der Waals surface area contributed by atoms with E-state index in [2.05, 4.69) is 5.32 Å². The highest BCUT2D eigenvalue weighted by atomic mass is 16.5. The maximum atomic E-state index is 12.5. The van der Waals surface area contributed by atoms with E-state index in [-0.39, 0.29) is 11.0 Å². The number of hydrogen-bond acceptors (Lipinski definition) is 4. The summed E-state index contributed by atoms with van der Waals surface area (Å²) < 4.78 is 0.725. The Morgan fingerprint density at radius 3 is 2.21 bits per heavy atom. The second-order valence-electron chi connectivity index (χ2n) is 5.21. The zero-order valence-corrected chi connectivity index (χ0v) is 12.7. The molecule has 1 N–H and O–H groups in total. The van der Waals surface area contributed by atoms with Crippen LogP contribution in [0.2, 0.25) is 0 Å². The van der Waals surface area contributed by atoms with Gasteiger partial charge in [0.2, 0.25) is 5.52 Å². The van der Waals surface area contributed by atoms with Gasteiger partial charge >= 0.3 is 17.4 Å². The Balaban J connectivity index is 2.12. The highest BCUT2D eigenvalue weighted by molar-refractivity contribution is 6.03. The first-order valence-corrected chi connectivity index (χ1v) is 7.09. The fraction of sp³-hybridized carbons (Fsp3) is 0.0588. The molecular formula is C17H12N4O3. The van der Waals surface area contributed by atoms with E-state index < -0.39 is 17.4 Å². The number of para-hydroxylation sites is 2. The smallest absolute Gasteiger partial charge is 0.386 e. The third-order valence-corrected chi connectivity index (χ3v) is 3.60. The Kier molecular flexibility index (Phi) is 3.72. The summed E-state index contributed by atoms with van der Waals surface area (Å²) in [5.41, 5.74) is 0.939. The van der Waals surface area contributed by atoms with Gasteiger partial charge in [-0.2, -0.15) is 10.6 Å². The molecule has 1 aromatic heterocycles. The Bertz CT molecular complexity index is 991. The Labute approximate surface area is 137 Å². The van der Waals surface area contributed by atoms with Gasteiger partial charge in [-0.3, -0.25) is 0 Å². The monoisotopic (exact) mass is 320 g/mol. The van der Waals surface area contributed by atoms with Crippen molar-refractivity contribution in [1.82, 2.24) is 0 Å². The van der Waals surface area contributed by atoms with Crippen LogP contribution in [0.3, 0.4) is 0 Å². The van der Waals surface area contributed by atoms with Crippen molar-refractivity contribution >= 4 is 22.8 Å². The first-order valence-electron chi connectivity index (χ1n) is 7.09. The number of nitrogens with zero attached hydrogens (tertiary/aromatic N) is 3. The van der Waals surface area contributed by atoms with Crippen LogP contribution in [0.1, 0.15) is 21.6 Å². The molecule has 118 valence electrons. The summed E-state index contributed by atoms with van der Waals surface area (Å²) in [5, 5.41) is 36.4. The van der Waals surface area contributed by atoms with Crippen LogP contribution in [0, 0.1) is 28.7 Å². The van der Waals surface area contributed by atoms with Crippen LogP contribution in [-0.4, -0.2) is 5.91 Å². The van der Waals surface area contributed by atoms with Crippen molar-refractivity contribution in [3.8, 4) is 6.07 Å². The summed E-state index contributed by atoms with van der Waals surface area (Å²) in [6.07, 6.45) is 0. The van der Waals surface area contributed by atoms with E-state index in [4.69, 9.17) is 0 Å². The van der Waals surface area contributed by atoms with Crippen molar-refractivity contribution in [3.05, 3.63) is 75.8 Å². The van der Waals surface area contributed by atoms with Crippen LogP contribution >= 0.6 is 0 Å². The van der Waals surface area contributed by atoms with Crippen LogP contribution in [0.25, 0.3) is 11.0 Å². The number of rotatable bonds is 2. The van der Waals surface area contributed by atoms with Gasteiger partial charge in [0.15, 0.2) is 6.07 Å². The van der Waals surface area contributed by atoms with E-state index in [1.807, 2.05) is 6.92 Å². The summed E-state index contributed by atoms with van der Waals surface area (Å²) in [6.45, 7) is 1.88. The number of fused-ring (bicyclic) bond motifs is 1. The second-order valence-corrected chi connectivity index (χ2v) is 5.21. The molecule has 0 aliphatic heterocycles. The molecule has 7 heteroatoms. The van der Waals surface area contributed by atoms with E-state index in [1.165, 1.54) is 12.1 Å². The summed E-state index contributed by atoms with van der Waals surface area (Å²) >= 11 is 0. The Hall–Kier alpha value is -3.66. The number of aryl methyl sites for hydroxylation is 1. The SMILES string of the molecule is Cc1ccc(C(=O)Nc2c(C#N)[n+]([O-])c3ccccc3[n+]2[O-])cc1. The van der Waals surface area contributed by atoms with Gasteiger partial charge < -0.3 is 10.4 Å². The summed E-state index contributed by atoms with van der Waals surface area (Å²) in [7, 11) is 0. The molecule has 1 amide bonds. The third kappa shape index (κ3) is 2.46. The molecule has 0 unspecified atom stereocenters. The molecule has 0 aliphatic carbocycles. The third-order valence-electron chi connectivity index (χ3n) is 3.60. The number of nitrogens with one attached hydrogen (secondary N) is 1. The molecule has 0 spiro atoms. The quantitative estimate of drug-likeness (QED) is 0.571. The lowest BCUT2D eigenvalue weighted by Crippen LogP contribution is -2.44. The number of amides is 1. The van der Waals surface area contributed by atoms with Gasteiger partial charge in [0.1, 0.15) is 0 Å². The van der Waals surface area contributed by atoms with Crippen molar-refractivity contribution in [2.75, 3.05) is 5.32 Å². The predicted octanol–water partition coefficient (Wildman–Crippen LogP) is 1.54. The van der Waals surface area contributed by atoms with Crippen molar-refractivity contribution in [2.24, 2.45) is 0 Å². The molecule has 7 nitrogen and oxygen atoms in total. The van der Waals surface area contributed by atoms with Crippen molar-refractivity contribution < 1.29 is 14.3 Å². The number of aromatic nitrogens is 2. The molecule has 1 heterocycles. The molecule has 0 saturated heterocycles. The van der Waals surface area contributed by atoms with Gasteiger partial charge in [0.05, 0.1) is 5.56 Å². The van der Waals surface area contributed by atoms with Crippen LogP contribution < -0.4 is 14.8 Å². The summed E-state index contributed by atoms with van der Waals surface area (Å²) in [5.74, 6) is -0.969. The second kappa shape index (κ2) is 5.85. The fourth-order valence-electron chi connectivity index (χ4n) is 2.33. The van der Waals surface area contributed by atoms with E-state index >= 15 is 0 Å². The van der Waals surface area contributed by atoms with Gasteiger partial charge in [0, 0.05) is 6.07 Å². The Morgan fingerprint density at radius 1 is 1.04 bits per heavy atom. The van der Waals surface area contributed by atoms with E-state index in [0.29, 0.717) is 15.0 Å². The molecule has 3 aromatic rings. The molecule has 0 saturated carbocycles. The standard InChI is InChI=1S/C17H12N4O3/c1-11-6-8-12(9-7-11)17(22)19-16-15(10-18)20(23)13-4-2-3-5-14(13)21(16)24/h2-9H,1H3,(H,19,22). The van der Waals surface area contributed by atoms with Gasteiger partial charge in [-0.25, -0.2) is 9.52 Å². The molecule has 2 aromatic carbocycles. The van der Waals surface area contributed by atoms with E-state index in [0.717, 1.165) is 5.56 Å². The van der Waals surface area contributed by atoms with Crippen molar-refractivity contribution in [1.29, 1.82) is 5.26 Å². The minimum atomic E-state index is -0.577. The first-order chi connectivity index (χ1) is 11.5. The average Bonchev–Trinajstić information content (AvgIpc) is 2.60. The number of anilines is 1. The minimum Gasteiger partial charge on any atom is -0.710 e. The lowest BCUT2D eigenvalue weighted by Gasteiger charge is -2.12. The number of nitriles is 1. The van der Waals surface area contributed by atoms with Gasteiger partial charge in [0.25, 0.3) is 5.52 Å². The first kappa shape index (κ1) is 15.2. The summed E-state index contributed by atoms with van der Waals surface area (Å²) in [4.78, 5) is 12.3. The van der Waals surface area contributed by atoms with Crippen LogP contribution in [0.5, 0.6) is 0 Å². The zero-order chi connectivity index (χ0) is 17.3. The number of carbonyl (C=O) groups is 1. The molecule has 24 heavy (non-hydrogen) atoms. The van der Waals surface area contributed by atoms with Crippen LogP contribution in [-0.2, 0) is 0 Å².